The van der Waals surface area contributed by atoms with Gasteiger partial charge >= 0.3 is 0 Å². The van der Waals surface area contributed by atoms with Crippen molar-refractivity contribution >= 4 is 34.5 Å². The van der Waals surface area contributed by atoms with E-state index < -0.39 is 0 Å². The highest BCUT2D eigenvalue weighted by Crippen LogP contribution is 2.38. The molecule has 1 aliphatic heterocycles. The highest BCUT2D eigenvalue weighted by Gasteiger charge is 2.34. The molecule has 0 amide bonds. The number of allylic oxidation sites excluding steroid dienone is 1. The lowest BCUT2D eigenvalue weighted by atomic mass is 9.94. The molecule has 3 heterocycles. The summed E-state index contributed by atoms with van der Waals surface area (Å²) < 4.78 is 16.8. The maximum absolute atomic E-state index is 6.03. The molecule has 1 aliphatic rings. The van der Waals surface area contributed by atoms with Crippen LogP contribution in [-0.4, -0.2) is 27.3 Å². The minimum atomic E-state index is -0.311. The molecule has 1 atom stereocenters. The molecule has 4 aromatic rings. The second kappa shape index (κ2) is 9.32. The Labute approximate surface area is 207 Å². The number of methoxy groups -OCH3 is 1. The van der Waals surface area contributed by atoms with Crippen molar-refractivity contribution < 1.29 is 13.7 Å². The molecular weight excluding hydrogens is 472 g/mol. The van der Waals surface area contributed by atoms with Crippen LogP contribution in [0.4, 0.5) is 0 Å². The minimum absolute atomic E-state index is 0.311. The first-order valence-electron chi connectivity index (χ1n) is 10.6. The van der Waals surface area contributed by atoms with Crippen LogP contribution in [0.15, 0.2) is 81.6 Å². The average molecular weight is 493 g/mol. The van der Waals surface area contributed by atoms with Gasteiger partial charge in [-0.3, -0.25) is 0 Å². The van der Waals surface area contributed by atoms with Crippen LogP contribution in [0.25, 0.3) is 17.0 Å². The van der Waals surface area contributed by atoms with Gasteiger partial charge in [-0.05, 0) is 73.2 Å². The molecule has 0 saturated carbocycles. The lowest BCUT2D eigenvalue weighted by Gasteiger charge is -2.37. The normalized spacial score (nSPS) is 16.0. The first kappa shape index (κ1) is 22.2. The van der Waals surface area contributed by atoms with Gasteiger partial charge in [-0.2, -0.15) is 4.98 Å². The Morgan fingerprint density at radius 3 is 2.71 bits per heavy atom. The highest BCUT2D eigenvalue weighted by atomic mass is 35.5. The van der Waals surface area contributed by atoms with Gasteiger partial charge in [0, 0.05) is 16.3 Å². The summed E-state index contributed by atoms with van der Waals surface area (Å²) in [5.41, 5.74) is 3.47. The number of benzene rings is 2. The van der Waals surface area contributed by atoms with E-state index in [4.69, 9.17) is 42.5 Å². The van der Waals surface area contributed by atoms with Gasteiger partial charge in [-0.25, -0.2) is 0 Å². The molecule has 0 radical (unpaired) electrons. The number of rotatable bonds is 6. The average Bonchev–Trinajstić information content (AvgIpc) is 3.54. The molecule has 0 spiro atoms. The molecule has 5 rings (SSSR count). The molecule has 9 heteroatoms. The number of hydrogen-bond acceptors (Lipinski definition) is 6. The molecule has 34 heavy (non-hydrogen) atoms. The van der Waals surface area contributed by atoms with Crippen molar-refractivity contribution in [1.29, 1.82) is 0 Å². The van der Waals surface area contributed by atoms with Crippen LogP contribution < -0.4 is 10.1 Å². The molecule has 2 aromatic heterocycles. The van der Waals surface area contributed by atoms with Gasteiger partial charge in [0.25, 0.3) is 5.89 Å². The van der Waals surface area contributed by atoms with E-state index in [9.17, 15) is 0 Å². The van der Waals surface area contributed by atoms with Crippen LogP contribution in [0.2, 0.25) is 5.02 Å². The third kappa shape index (κ3) is 4.30. The van der Waals surface area contributed by atoms with E-state index in [1.165, 1.54) is 0 Å². The second-order valence-corrected chi connectivity index (χ2v) is 8.58. The number of hydrogen-bond donors (Lipinski definition) is 1. The smallest absolute Gasteiger partial charge is 0.258 e. The van der Waals surface area contributed by atoms with Gasteiger partial charge in [0.15, 0.2) is 5.11 Å². The maximum Gasteiger partial charge on any atom is 0.258 e. The Balaban J connectivity index is 1.60. The number of nitrogens with one attached hydrogen (secondary N) is 1. The standard InChI is InChI=1S/C25H21ClN4O3S/c1-15-21(24-28-23(29-33-24)16-8-10-18(26)11-9-16)22(17-5-3-6-19(13-17)31-2)27-25(34)30(15)14-20-7-4-12-32-20/h3-13,22H,14H2,1-2H3,(H,27,34). The molecule has 1 N–H and O–H groups in total. The summed E-state index contributed by atoms with van der Waals surface area (Å²) >= 11 is 11.8. The van der Waals surface area contributed by atoms with Crippen LogP contribution in [0.1, 0.15) is 30.2 Å². The molecule has 7 nitrogen and oxygen atoms in total. The molecule has 1 unspecified atom stereocenters. The zero-order chi connectivity index (χ0) is 23.7. The van der Waals surface area contributed by atoms with Gasteiger partial charge in [-0.1, -0.05) is 28.9 Å². The molecule has 0 bridgehead atoms. The summed E-state index contributed by atoms with van der Waals surface area (Å²) in [7, 11) is 1.64. The Bertz CT molecular complexity index is 1350. The SMILES string of the molecule is COc1cccc(C2NC(=S)N(Cc3ccco3)C(C)=C2c2nc(-c3ccc(Cl)cc3)no2)c1. The lowest BCUT2D eigenvalue weighted by molar-refractivity contribution is 0.382. The van der Waals surface area contributed by atoms with E-state index >= 15 is 0 Å². The van der Waals surface area contributed by atoms with Crippen LogP contribution in [0, 0.1) is 0 Å². The second-order valence-electron chi connectivity index (χ2n) is 7.75. The number of furan rings is 1. The zero-order valence-corrected chi connectivity index (χ0v) is 20.1. The summed E-state index contributed by atoms with van der Waals surface area (Å²) in [6.45, 7) is 2.46. The summed E-state index contributed by atoms with van der Waals surface area (Å²) in [5, 5.41) is 8.87. The molecular formula is C25H21ClN4O3S. The summed E-state index contributed by atoms with van der Waals surface area (Å²) in [6.07, 6.45) is 1.64. The minimum Gasteiger partial charge on any atom is -0.497 e. The number of nitrogens with zero attached hydrogens (tertiary/aromatic N) is 3. The fraction of sp³-hybridized carbons (Fsp3) is 0.160. The molecule has 172 valence electrons. The van der Waals surface area contributed by atoms with E-state index in [1.807, 2.05) is 60.4 Å². The summed E-state index contributed by atoms with van der Waals surface area (Å²) in [5.74, 6) is 2.40. The van der Waals surface area contributed by atoms with Crippen LogP contribution in [-0.2, 0) is 6.54 Å². The Kier molecular flexibility index (Phi) is 6.08. The molecule has 0 fully saturated rings. The zero-order valence-electron chi connectivity index (χ0n) is 18.5. The third-order valence-electron chi connectivity index (χ3n) is 5.68. The van der Waals surface area contributed by atoms with Gasteiger partial charge in [0.05, 0.1) is 31.5 Å². The van der Waals surface area contributed by atoms with Gasteiger partial charge in [0.1, 0.15) is 11.5 Å². The number of halogens is 1. The third-order valence-corrected chi connectivity index (χ3v) is 6.27. The number of thiocarbonyl (C=S) groups is 1. The summed E-state index contributed by atoms with van der Waals surface area (Å²) in [4.78, 5) is 6.68. The predicted molar refractivity (Wildman–Crippen MR) is 133 cm³/mol. The van der Waals surface area contributed by atoms with Crippen molar-refractivity contribution in [1.82, 2.24) is 20.4 Å². The fourth-order valence-corrected chi connectivity index (χ4v) is 4.37. The maximum atomic E-state index is 6.03. The quantitative estimate of drug-likeness (QED) is 0.336. The van der Waals surface area contributed by atoms with Crippen molar-refractivity contribution in [2.24, 2.45) is 0 Å². The van der Waals surface area contributed by atoms with Gasteiger partial charge in [0.2, 0.25) is 5.82 Å². The monoisotopic (exact) mass is 492 g/mol. The molecule has 2 aromatic carbocycles. The first-order valence-corrected chi connectivity index (χ1v) is 11.4. The molecule has 0 saturated heterocycles. The van der Waals surface area contributed by atoms with Crippen molar-refractivity contribution in [2.45, 2.75) is 19.5 Å². The van der Waals surface area contributed by atoms with Gasteiger partial charge < -0.3 is 23.9 Å². The van der Waals surface area contributed by atoms with Crippen LogP contribution in [0.3, 0.4) is 0 Å². The van der Waals surface area contributed by atoms with E-state index in [0.717, 1.165) is 33.9 Å². The van der Waals surface area contributed by atoms with Crippen molar-refractivity contribution in [2.75, 3.05) is 7.11 Å². The predicted octanol–water partition coefficient (Wildman–Crippen LogP) is 5.85. The van der Waals surface area contributed by atoms with E-state index in [0.29, 0.717) is 28.4 Å². The van der Waals surface area contributed by atoms with Gasteiger partial charge in [-0.15, -0.1) is 0 Å². The topological polar surface area (TPSA) is 76.6 Å². The lowest BCUT2D eigenvalue weighted by Crippen LogP contribution is -2.45. The van der Waals surface area contributed by atoms with Crippen molar-refractivity contribution in [3.05, 3.63) is 94.9 Å². The van der Waals surface area contributed by atoms with Crippen LogP contribution in [0.5, 0.6) is 5.75 Å². The van der Waals surface area contributed by atoms with E-state index in [2.05, 4.69) is 10.5 Å². The number of aromatic nitrogens is 2. The number of ether oxygens (including phenoxy) is 1. The van der Waals surface area contributed by atoms with E-state index in [-0.39, 0.29) is 6.04 Å². The molecule has 0 aliphatic carbocycles. The highest BCUT2D eigenvalue weighted by molar-refractivity contribution is 7.80. The van der Waals surface area contributed by atoms with E-state index in [1.54, 1.807) is 25.5 Å². The Hall–Kier alpha value is -3.62. The Morgan fingerprint density at radius 1 is 1.15 bits per heavy atom. The van der Waals surface area contributed by atoms with Crippen molar-refractivity contribution in [3.63, 3.8) is 0 Å². The van der Waals surface area contributed by atoms with Crippen molar-refractivity contribution in [3.8, 4) is 17.1 Å². The summed E-state index contributed by atoms with van der Waals surface area (Å²) in [6, 6.07) is 18.6. The first-order chi connectivity index (χ1) is 16.5. The van der Waals surface area contributed by atoms with Crippen LogP contribution >= 0.6 is 23.8 Å². The largest absolute Gasteiger partial charge is 0.497 e. The Morgan fingerprint density at radius 2 is 1.97 bits per heavy atom. The fourth-order valence-electron chi connectivity index (χ4n) is 3.93.